The summed E-state index contributed by atoms with van der Waals surface area (Å²) in [6.07, 6.45) is 4.55. The zero-order valence-corrected chi connectivity index (χ0v) is 17.8. The molecule has 3 heterocycles. The molecule has 0 saturated carbocycles. The average Bonchev–Trinajstić information content (AvgIpc) is 3.41. The smallest absolute Gasteiger partial charge is 0.325 e. The number of rotatable bonds is 7. The number of imidazole rings is 1. The summed E-state index contributed by atoms with van der Waals surface area (Å²) in [5, 5.41) is 0.794. The second-order valence-electron chi connectivity index (χ2n) is 7.50. The summed E-state index contributed by atoms with van der Waals surface area (Å²) < 4.78 is 15.0. The van der Waals surface area contributed by atoms with Crippen molar-refractivity contribution in [1.29, 1.82) is 0 Å². The monoisotopic (exact) mass is 426 g/mol. The van der Waals surface area contributed by atoms with Gasteiger partial charge < -0.3 is 9.47 Å². The molecule has 0 spiro atoms. The second kappa shape index (κ2) is 8.39. The highest BCUT2D eigenvalue weighted by molar-refractivity contribution is 7.18. The first kappa shape index (κ1) is 20.3. The standard InChI is InChI=1S/C22H23FN4O2S/c1-15-11-20(30-21(15)19(28)8-7-18-12-24-14-25(18)2)27-10-9-26(22(27)29)13-16-3-5-17(23)6-4-16/h3-6,11-12,14H,7-10,13H2,1-2H3. The van der Waals surface area contributed by atoms with Crippen LogP contribution in [0.15, 0.2) is 42.9 Å². The fourth-order valence-corrected chi connectivity index (χ4v) is 4.76. The van der Waals surface area contributed by atoms with E-state index in [0.717, 1.165) is 21.8 Å². The zero-order valence-electron chi connectivity index (χ0n) is 17.0. The maximum absolute atomic E-state index is 13.1. The van der Waals surface area contributed by atoms with Gasteiger partial charge in [0.05, 0.1) is 16.2 Å². The van der Waals surface area contributed by atoms with E-state index in [4.69, 9.17) is 0 Å². The molecule has 3 aromatic rings. The van der Waals surface area contributed by atoms with Crippen LogP contribution in [-0.4, -0.2) is 39.4 Å². The number of thiophene rings is 1. The van der Waals surface area contributed by atoms with Crippen LogP contribution in [-0.2, 0) is 20.0 Å². The number of aromatic nitrogens is 2. The number of hydrogen-bond acceptors (Lipinski definition) is 4. The number of Topliss-reactive ketones (excluding diaryl/α,β-unsaturated/α-hetero) is 1. The molecule has 1 aliphatic rings. The van der Waals surface area contributed by atoms with E-state index in [0.29, 0.717) is 37.4 Å². The Morgan fingerprint density at radius 3 is 2.70 bits per heavy atom. The van der Waals surface area contributed by atoms with Gasteiger partial charge in [0.1, 0.15) is 5.82 Å². The summed E-state index contributed by atoms with van der Waals surface area (Å²) in [7, 11) is 1.91. The van der Waals surface area contributed by atoms with Crippen LogP contribution >= 0.6 is 11.3 Å². The van der Waals surface area contributed by atoms with E-state index in [9.17, 15) is 14.0 Å². The minimum absolute atomic E-state index is 0.0831. The van der Waals surface area contributed by atoms with Gasteiger partial charge in [-0.1, -0.05) is 12.1 Å². The van der Waals surface area contributed by atoms with Crippen LogP contribution in [0, 0.1) is 12.7 Å². The molecule has 2 amide bonds. The molecule has 156 valence electrons. The van der Waals surface area contributed by atoms with Gasteiger partial charge in [-0.3, -0.25) is 9.69 Å². The molecule has 2 aromatic heterocycles. The van der Waals surface area contributed by atoms with Crippen LogP contribution < -0.4 is 4.90 Å². The van der Waals surface area contributed by atoms with Crippen LogP contribution in [0.25, 0.3) is 0 Å². The van der Waals surface area contributed by atoms with Crippen molar-refractivity contribution in [3.05, 3.63) is 70.4 Å². The quantitative estimate of drug-likeness (QED) is 0.533. The summed E-state index contributed by atoms with van der Waals surface area (Å²) in [4.78, 5) is 33.9. The van der Waals surface area contributed by atoms with Gasteiger partial charge >= 0.3 is 6.03 Å². The van der Waals surface area contributed by atoms with Gasteiger partial charge in [-0.25, -0.2) is 14.2 Å². The van der Waals surface area contributed by atoms with Gasteiger partial charge in [0.15, 0.2) is 5.78 Å². The Bertz CT molecular complexity index is 1070. The molecular formula is C22H23FN4O2S. The summed E-state index contributed by atoms with van der Waals surface area (Å²) in [6.45, 7) is 3.52. The van der Waals surface area contributed by atoms with Gasteiger partial charge in [0, 0.05) is 45.0 Å². The molecule has 0 atom stereocenters. The number of urea groups is 1. The molecule has 30 heavy (non-hydrogen) atoms. The third-order valence-electron chi connectivity index (χ3n) is 5.33. The lowest BCUT2D eigenvalue weighted by molar-refractivity contribution is 0.0985. The molecule has 1 aromatic carbocycles. The normalized spacial score (nSPS) is 14.0. The number of anilines is 1. The Balaban J connectivity index is 1.42. The number of amides is 2. The molecule has 0 radical (unpaired) electrons. The summed E-state index contributed by atoms with van der Waals surface area (Å²) in [5.41, 5.74) is 2.80. The van der Waals surface area contributed by atoms with Gasteiger partial charge in [-0.2, -0.15) is 0 Å². The lowest BCUT2D eigenvalue weighted by Crippen LogP contribution is -2.30. The van der Waals surface area contributed by atoms with Crippen LogP contribution in [0.1, 0.15) is 32.9 Å². The Morgan fingerprint density at radius 1 is 1.23 bits per heavy atom. The fraction of sp³-hybridized carbons (Fsp3) is 0.318. The zero-order chi connectivity index (χ0) is 21.3. The Labute approximate surface area is 178 Å². The van der Waals surface area contributed by atoms with E-state index in [1.807, 2.05) is 24.6 Å². The highest BCUT2D eigenvalue weighted by Gasteiger charge is 2.31. The van der Waals surface area contributed by atoms with E-state index in [1.54, 1.807) is 34.5 Å². The molecule has 0 unspecified atom stereocenters. The SMILES string of the molecule is Cc1cc(N2CCN(Cc3ccc(F)cc3)C2=O)sc1C(=O)CCc1cncn1C. The fourth-order valence-electron chi connectivity index (χ4n) is 3.60. The van der Waals surface area contributed by atoms with E-state index in [-0.39, 0.29) is 17.6 Å². The van der Waals surface area contributed by atoms with E-state index in [2.05, 4.69) is 4.98 Å². The van der Waals surface area contributed by atoms with Crippen LogP contribution in [0.4, 0.5) is 14.2 Å². The lowest BCUT2D eigenvalue weighted by Gasteiger charge is -2.17. The van der Waals surface area contributed by atoms with Crippen molar-refractivity contribution in [1.82, 2.24) is 14.5 Å². The summed E-state index contributed by atoms with van der Waals surface area (Å²) in [5.74, 6) is -0.206. The third kappa shape index (κ3) is 4.14. The topological polar surface area (TPSA) is 58.4 Å². The van der Waals surface area contributed by atoms with Crippen molar-refractivity contribution in [3.8, 4) is 0 Å². The first-order chi connectivity index (χ1) is 14.4. The Morgan fingerprint density at radius 2 is 2.00 bits per heavy atom. The predicted octanol–water partition coefficient (Wildman–Crippen LogP) is 4.19. The molecule has 0 N–H and O–H groups in total. The van der Waals surface area contributed by atoms with Crippen LogP contribution in [0.3, 0.4) is 0 Å². The minimum atomic E-state index is -0.289. The van der Waals surface area contributed by atoms with Crippen molar-refractivity contribution < 1.29 is 14.0 Å². The first-order valence-corrected chi connectivity index (χ1v) is 10.6. The molecule has 6 nitrogen and oxygen atoms in total. The van der Waals surface area contributed by atoms with E-state index >= 15 is 0 Å². The molecule has 0 bridgehead atoms. The highest BCUT2D eigenvalue weighted by atomic mass is 32.1. The van der Waals surface area contributed by atoms with Crippen LogP contribution in [0.5, 0.6) is 0 Å². The molecule has 1 fully saturated rings. The molecule has 0 aliphatic carbocycles. The molecule has 1 aliphatic heterocycles. The number of carbonyl (C=O) groups excluding carboxylic acids is 2. The summed E-state index contributed by atoms with van der Waals surface area (Å²) >= 11 is 1.38. The van der Waals surface area contributed by atoms with Gasteiger partial charge in [-0.15, -0.1) is 11.3 Å². The Hall–Kier alpha value is -3.00. The van der Waals surface area contributed by atoms with Crippen molar-refractivity contribution in [2.75, 3.05) is 18.0 Å². The molecule has 8 heteroatoms. The van der Waals surface area contributed by atoms with Gasteiger partial charge in [0.2, 0.25) is 0 Å². The Kier molecular flexibility index (Phi) is 5.67. The minimum Gasteiger partial charge on any atom is -0.338 e. The maximum atomic E-state index is 13.1. The highest BCUT2D eigenvalue weighted by Crippen LogP contribution is 2.33. The number of halogens is 1. The largest absolute Gasteiger partial charge is 0.338 e. The average molecular weight is 427 g/mol. The number of ketones is 1. The van der Waals surface area contributed by atoms with E-state index in [1.165, 1.54) is 23.5 Å². The maximum Gasteiger partial charge on any atom is 0.325 e. The van der Waals surface area contributed by atoms with Crippen molar-refractivity contribution >= 4 is 28.2 Å². The second-order valence-corrected chi connectivity index (χ2v) is 8.53. The first-order valence-electron chi connectivity index (χ1n) is 9.82. The van der Waals surface area contributed by atoms with E-state index < -0.39 is 0 Å². The molecular weight excluding hydrogens is 403 g/mol. The van der Waals surface area contributed by atoms with Crippen LogP contribution in [0.2, 0.25) is 0 Å². The number of nitrogens with zero attached hydrogens (tertiary/aromatic N) is 4. The van der Waals surface area contributed by atoms with Crippen molar-refractivity contribution in [2.24, 2.45) is 7.05 Å². The summed E-state index contributed by atoms with van der Waals surface area (Å²) in [6, 6.07) is 8.02. The predicted molar refractivity (Wildman–Crippen MR) is 114 cm³/mol. The van der Waals surface area contributed by atoms with Crippen molar-refractivity contribution in [3.63, 3.8) is 0 Å². The van der Waals surface area contributed by atoms with Crippen molar-refractivity contribution in [2.45, 2.75) is 26.3 Å². The number of hydrogen-bond donors (Lipinski definition) is 0. The number of benzene rings is 1. The number of carbonyl (C=O) groups is 2. The van der Waals surface area contributed by atoms with Gasteiger partial charge in [-0.05, 0) is 42.7 Å². The molecule has 4 rings (SSSR count). The third-order valence-corrected chi connectivity index (χ3v) is 6.63. The van der Waals surface area contributed by atoms with Gasteiger partial charge in [0.25, 0.3) is 0 Å². The lowest BCUT2D eigenvalue weighted by atomic mass is 10.1. The molecule has 1 saturated heterocycles. The number of aryl methyl sites for hydroxylation is 3.